The lowest BCUT2D eigenvalue weighted by molar-refractivity contribution is -0.139. The summed E-state index contributed by atoms with van der Waals surface area (Å²) in [5.41, 5.74) is 1.98. The number of hydrogen-bond donors (Lipinski definition) is 0. The van der Waals surface area contributed by atoms with E-state index in [0.29, 0.717) is 5.41 Å². The molecule has 3 saturated carbocycles. The van der Waals surface area contributed by atoms with Crippen LogP contribution < -0.4 is 4.74 Å². The van der Waals surface area contributed by atoms with Crippen LogP contribution in [0.3, 0.4) is 0 Å². The lowest BCUT2D eigenvalue weighted by Crippen LogP contribution is -2.60. The average Bonchev–Trinajstić information content (AvgIpc) is 2.53. The van der Waals surface area contributed by atoms with Gasteiger partial charge in [0.25, 0.3) is 0 Å². The molecule has 4 atom stereocenters. The topological polar surface area (TPSA) is 12.5 Å². The molecule has 0 heterocycles. The molecular formula is C20H31NO. The van der Waals surface area contributed by atoms with E-state index < -0.39 is 0 Å². The average molecular weight is 301 g/mol. The summed E-state index contributed by atoms with van der Waals surface area (Å²) in [4.78, 5) is 2.70. The summed E-state index contributed by atoms with van der Waals surface area (Å²) in [7, 11) is 1.73. The zero-order chi connectivity index (χ0) is 15.9. The van der Waals surface area contributed by atoms with Crippen molar-refractivity contribution >= 4 is 0 Å². The van der Waals surface area contributed by atoms with Gasteiger partial charge in [-0.05, 0) is 60.3 Å². The van der Waals surface area contributed by atoms with E-state index in [1.165, 1.54) is 18.4 Å². The largest absolute Gasteiger partial charge is 0.497 e. The highest BCUT2D eigenvalue weighted by molar-refractivity contribution is 5.27. The molecule has 0 saturated heterocycles. The number of hydrogen-bond acceptors (Lipinski definition) is 2. The molecule has 2 bridgehead atoms. The lowest BCUT2D eigenvalue weighted by atomic mass is 9.44. The van der Waals surface area contributed by atoms with E-state index in [-0.39, 0.29) is 0 Å². The Kier molecular flexibility index (Phi) is 4.24. The third-order valence-electron chi connectivity index (χ3n) is 6.73. The summed E-state index contributed by atoms with van der Waals surface area (Å²) in [5.74, 6) is 3.61. The number of fused-ring (bicyclic) bond motifs is 2. The van der Waals surface area contributed by atoms with Crippen molar-refractivity contribution < 1.29 is 4.74 Å². The second-order valence-corrected chi connectivity index (χ2v) is 7.93. The van der Waals surface area contributed by atoms with E-state index in [0.717, 1.165) is 42.6 Å². The van der Waals surface area contributed by atoms with E-state index in [2.05, 4.69) is 56.9 Å². The minimum Gasteiger partial charge on any atom is -0.497 e. The van der Waals surface area contributed by atoms with Crippen LogP contribution in [0.1, 0.15) is 46.1 Å². The van der Waals surface area contributed by atoms with Gasteiger partial charge in [0, 0.05) is 12.6 Å². The maximum Gasteiger partial charge on any atom is 0.118 e. The highest BCUT2D eigenvalue weighted by Crippen LogP contribution is 2.62. The summed E-state index contributed by atoms with van der Waals surface area (Å²) < 4.78 is 5.26. The van der Waals surface area contributed by atoms with Crippen LogP contribution in [-0.2, 0) is 6.54 Å². The molecule has 0 unspecified atom stereocenters. The third kappa shape index (κ3) is 2.56. The summed E-state index contributed by atoms with van der Waals surface area (Å²) in [6, 6.07) is 9.32. The zero-order valence-corrected chi connectivity index (χ0v) is 14.8. The molecular weight excluding hydrogens is 270 g/mol. The van der Waals surface area contributed by atoms with Crippen LogP contribution >= 0.6 is 0 Å². The third-order valence-corrected chi connectivity index (χ3v) is 6.73. The Bertz CT molecular complexity index is 507. The quantitative estimate of drug-likeness (QED) is 0.789. The van der Waals surface area contributed by atoms with Gasteiger partial charge in [0.2, 0.25) is 0 Å². The molecule has 0 radical (unpaired) electrons. The first-order valence-electron chi connectivity index (χ1n) is 8.84. The van der Waals surface area contributed by atoms with Crippen molar-refractivity contribution in [1.29, 1.82) is 0 Å². The Labute approximate surface area is 135 Å². The molecule has 1 aromatic rings. The first-order valence-corrected chi connectivity index (χ1v) is 8.84. The summed E-state index contributed by atoms with van der Waals surface area (Å²) in [6.07, 6.45) is 2.85. The number of ether oxygens (including phenoxy) is 1. The molecule has 3 aliphatic carbocycles. The molecule has 3 fully saturated rings. The van der Waals surface area contributed by atoms with Crippen molar-refractivity contribution in [2.45, 2.75) is 53.1 Å². The Morgan fingerprint density at radius 3 is 2.36 bits per heavy atom. The molecule has 122 valence electrons. The van der Waals surface area contributed by atoms with Gasteiger partial charge in [-0.25, -0.2) is 0 Å². The zero-order valence-electron chi connectivity index (χ0n) is 14.8. The van der Waals surface area contributed by atoms with Crippen LogP contribution in [0.5, 0.6) is 5.75 Å². The van der Waals surface area contributed by atoms with Gasteiger partial charge >= 0.3 is 0 Å². The van der Waals surface area contributed by atoms with Gasteiger partial charge in [0.1, 0.15) is 5.75 Å². The number of benzene rings is 1. The molecule has 1 aromatic carbocycles. The second kappa shape index (κ2) is 5.88. The number of rotatable bonds is 5. The van der Waals surface area contributed by atoms with Gasteiger partial charge in [-0.15, -0.1) is 0 Å². The van der Waals surface area contributed by atoms with E-state index in [1.54, 1.807) is 7.11 Å². The van der Waals surface area contributed by atoms with Crippen LogP contribution in [-0.4, -0.2) is 24.6 Å². The van der Waals surface area contributed by atoms with Crippen molar-refractivity contribution in [3.8, 4) is 5.75 Å². The molecule has 0 amide bonds. The summed E-state index contributed by atoms with van der Waals surface area (Å²) >= 11 is 0. The number of methoxy groups -OCH3 is 1. The van der Waals surface area contributed by atoms with Gasteiger partial charge in [-0.3, -0.25) is 4.90 Å². The van der Waals surface area contributed by atoms with Gasteiger partial charge in [-0.2, -0.15) is 0 Å². The van der Waals surface area contributed by atoms with E-state index in [1.807, 2.05) is 0 Å². The van der Waals surface area contributed by atoms with Crippen LogP contribution in [0, 0.1) is 23.2 Å². The molecule has 22 heavy (non-hydrogen) atoms. The fraction of sp³-hybridized carbons (Fsp3) is 0.700. The maximum atomic E-state index is 5.26. The highest BCUT2D eigenvalue weighted by atomic mass is 16.5. The van der Waals surface area contributed by atoms with Crippen LogP contribution in [0.4, 0.5) is 0 Å². The van der Waals surface area contributed by atoms with Crippen molar-refractivity contribution in [3.05, 3.63) is 29.8 Å². The first kappa shape index (κ1) is 15.9. The molecule has 2 heteroatoms. The SMILES string of the molecule is CCN(Cc1ccc(OC)cc1)[C@@H]1C[C@@H]2C[C@H]([C@H]1C)C2(C)C. The minimum absolute atomic E-state index is 0.579. The van der Waals surface area contributed by atoms with Gasteiger partial charge in [0.15, 0.2) is 0 Å². The van der Waals surface area contributed by atoms with Gasteiger partial charge < -0.3 is 4.74 Å². The monoisotopic (exact) mass is 301 g/mol. The van der Waals surface area contributed by atoms with Crippen LogP contribution in [0.15, 0.2) is 24.3 Å². The molecule has 2 nitrogen and oxygen atoms in total. The predicted octanol–water partition coefficient (Wildman–Crippen LogP) is 4.59. The van der Waals surface area contributed by atoms with E-state index in [9.17, 15) is 0 Å². The lowest BCUT2D eigenvalue weighted by Gasteiger charge is -2.63. The fourth-order valence-corrected chi connectivity index (χ4v) is 5.03. The summed E-state index contributed by atoms with van der Waals surface area (Å²) in [6.45, 7) is 12.0. The molecule has 0 spiro atoms. The second-order valence-electron chi connectivity index (χ2n) is 7.93. The van der Waals surface area contributed by atoms with Crippen LogP contribution in [0.2, 0.25) is 0 Å². The standard InChI is InChI=1S/C20H31NO/c1-6-21(13-15-7-9-17(22-5)10-8-15)19-12-16-11-18(14(19)2)20(16,3)4/h7-10,14,16,18-19H,6,11-13H2,1-5H3/t14-,16+,18-,19-/m1/s1. The smallest absolute Gasteiger partial charge is 0.118 e. The van der Waals surface area contributed by atoms with E-state index in [4.69, 9.17) is 4.74 Å². The molecule has 3 aliphatic rings. The van der Waals surface area contributed by atoms with Crippen molar-refractivity contribution in [2.24, 2.45) is 23.2 Å². The molecule has 0 N–H and O–H groups in total. The Balaban J connectivity index is 1.69. The fourth-order valence-electron chi connectivity index (χ4n) is 5.03. The molecule has 0 aromatic heterocycles. The number of nitrogens with zero attached hydrogens (tertiary/aromatic N) is 1. The molecule has 4 rings (SSSR count). The Hall–Kier alpha value is -1.02. The molecule has 0 aliphatic heterocycles. The normalized spacial score (nSPS) is 32.6. The van der Waals surface area contributed by atoms with Gasteiger partial charge in [-0.1, -0.05) is 39.8 Å². The summed E-state index contributed by atoms with van der Waals surface area (Å²) in [5, 5.41) is 0. The van der Waals surface area contributed by atoms with E-state index >= 15 is 0 Å². The maximum absolute atomic E-state index is 5.26. The van der Waals surface area contributed by atoms with Crippen LogP contribution in [0.25, 0.3) is 0 Å². The highest BCUT2D eigenvalue weighted by Gasteiger charge is 2.56. The van der Waals surface area contributed by atoms with Gasteiger partial charge in [0.05, 0.1) is 7.11 Å². The minimum atomic E-state index is 0.579. The van der Waals surface area contributed by atoms with Crippen molar-refractivity contribution in [3.63, 3.8) is 0 Å². The van der Waals surface area contributed by atoms with Crippen molar-refractivity contribution in [1.82, 2.24) is 4.90 Å². The van der Waals surface area contributed by atoms with Crippen molar-refractivity contribution in [2.75, 3.05) is 13.7 Å². The predicted molar refractivity (Wildman–Crippen MR) is 92.0 cm³/mol. The first-order chi connectivity index (χ1) is 10.5. The Morgan fingerprint density at radius 2 is 1.86 bits per heavy atom. The Morgan fingerprint density at radius 1 is 1.18 bits per heavy atom.